The Labute approximate surface area is 131 Å². The quantitative estimate of drug-likeness (QED) is 0.842. The van der Waals surface area contributed by atoms with E-state index in [0.29, 0.717) is 6.04 Å². The lowest BCUT2D eigenvalue weighted by Gasteiger charge is -2.20. The van der Waals surface area contributed by atoms with E-state index in [4.69, 9.17) is 5.14 Å². The van der Waals surface area contributed by atoms with Crippen LogP contribution in [0.25, 0.3) is 0 Å². The SMILES string of the molecule is CCSC1CCC(NC(C)c2cccc(S(N)(=O)=O)c2)C1. The molecule has 1 aliphatic carbocycles. The van der Waals surface area contributed by atoms with Crippen molar-refractivity contribution in [2.75, 3.05) is 5.75 Å². The second kappa shape index (κ2) is 7.13. The number of rotatable bonds is 6. The van der Waals surface area contributed by atoms with Gasteiger partial charge in [-0.05, 0) is 49.6 Å². The predicted molar refractivity (Wildman–Crippen MR) is 88.9 cm³/mol. The number of primary sulfonamides is 1. The topological polar surface area (TPSA) is 72.2 Å². The molecule has 3 atom stereocenters. The van der Waals surface area contributed by atoms with Gasteiger partial charge >= 0.3 is 0 Å². The predicted octanol–water partition coefficient (Wildman–Crippen LogP) is 2.66. The zero-order valence-electron chi connectivity index (χ0n) is 12.6. The number of hydrogen-bond acceptors (Lipinski definition) is 4. The Kier molecular flexibility index (Phi) is 5.71. The molecular formula is C15H24N2O2S2. The zero-order chi connectivity index (χ0) is 15.5. The molecule has 0 heterocycles. The summed E-state index contributed by atoms with van der Waals surface area (Å²) in [6.45, 7) is 4.27. The first kappa shape index (κ1) is 16.8. The highest BCUT2D eigenvalue weighted by molar-refractivity contribution is 7.99. The maximum Gasteiger partial charge on any atom is 0.238 e. The molecule has 1 aromatic rings. The third-order valence-corrected chi connectivity index (χ3v) is 6.10. The molecule has 0 radical (unpaired) electrons. The summed E-state index contributed by atoms with van der Waals surface area (Å²) in [4.78, 5) is 0.180. The molecule has 6 heteroatoms. The van der Waals surface area contributed by atoms with Gasteiger partial charge in [-0.1, -0.05) is 19.1 Å². The van der Waals surface area contributed by atoms with Gasteiger partial charge in [0, 0.05) is 17.3 Å². The van der Waals surface area contributed by atoms with Crippen LogP contribution in [-0.2, 0) is 10.0 Å². The largest absolute Gasteiger partial charge is 0.307 e. The van der Waals surface area contributed by atoms with E-state index < -0.39 is 10.0 Å². The minimum Gasteiger partial charge on any atom is -0.307 e. The van der Waals surface area contributed by atoms with Crippen LogP contribution in [0.4, 0.5) is 0 Å². The van der Waals surface area contributed by atoms with E-state index in [-0.39, 0.29) is 10.9 Å². The Morgan fingerprint density at radius 2 is 2.19 bits per heavy atom. The average molecular weight is 329 g/mol. The Bertz CT molecular complexity index is 575. The van der Waals surface area contributed by atoms with Crippen molar-refractivity contribution in [2.45, 2.75) is 55.3 Å². The second-order valence-electron chi connectivity index (χ2n) is 5.59. The van der Waals surface area contributed by atoms with Gasteiger partial charge in [0.25, 0.3) is 0 Å². The molecular weight excluding hydrogens is 304 g/mol. The van der Waals surface area contributed by atoms with E-state index in [0.717, 1.165) is 10.8 Å². The Morgan fingerprint density at radius 1 is 1.43 bits per heavy atom. The number of thioether (sulfide) groups is 1. The Morgan fingerprint density at radius 3 is 2.86 bits per heavy atom. The summed E-state index contributed by atoms with van der Waals surface area (Å²) in [7, 11) is -3.63. The highest BCUT2D eigenvalue weighted by Crippen LogP contribution is 2.31. The fourth-order valence-corrected chi connectivity index (χ4v) is 4.60. The third-order valence-electron chi connectivity index (χ3n) is 3.96. The van der Waals surface area contributed by atoms with Crippen LogP contribution in [0.3, 0.4) is 0 Å². The Balaban J connectivity index is 1.99. The summed E-state index contributed by atoms with van der Waals surface area (Å²) >= 11 is 2.04. The van der Waals surface area contributed by atoms with E-state index in [9.17, 15) is 8.42 Å². The molecule has 1 fully saturated rings. The maximum absolute atomic E-state index is 11.4. The van der Waals surface area contributed by atoms with Gasteiger partial charge in [0.05, 0.1) is 4.90 Å². The van der Waals surface area contributed by atoms with Crippen molar-refractivity contribution in [3.8, 4) is 0 Å². The first-order chi connectivity index (χ1) is 9.90. The van der Waals surface area contributed by atoms with Gasteiger partial charge in [0.1, 0.15) is 0 Å². The molecule has 21 heavy (non-hydrogen) atoms. The van der Waals surface area contributed by atoms with Crippen LogP contribution >= 0.6 is 11.8 Å². The van der Waals surface area contributed by atoms with Crippen LogP contribution in [0.5, 0.6) is 0 Å². The van der Waals surface area contributed by atoms with Crippen LogP contribution in [0.2, 0.25) is 0 Å². The number of nitrogens with one attached hydrogen (secondary N) is 1. The summed E-state index contributed by atoms with van der Waals surface area (Å²) in [6, 6.07) is 7.54. The molecule has 1 aromatic carbocycles. The van der Waals surface area contributed by atoms with Crippen LogP contribution in [-0.4, -0.2) is 25.5 Å². The van der Waals surface area contributed by atoms with Crippen molar-refractivity contribution in [3.63, 3.8) is 0 Å². The summed E-state index contributed by atoms with van der Waals surface area (Å²) < 4.78 is 22.8. The summed E-state index contributed by atoms with van der Waals surface area (Å²) in [6.07, 6.45) is 3.65. The molecule has 3 unspecified atom stereocenters. The van der Waals surface area contributed by atoms with Crippen LogP contribution in [0, 0.1) is 0 Å². The summed E-state index contributed by atoms with van der Waals surface area (Å²) in [5.41, 5.74) is 0.966. The molecule has 4 nitrogen and oxygen atoms in total. The minimum atomic E-state index is -3.63. The van der Waals surface area contributed by atoms with Crippen molar-refractivity contribution in [2.24, 2.45) is 5.14 Å². The smallest absolute Gasteiger partial charge is 0.238 e. The van der Waals surface area contributed by atoms with Gasteiger partial charge in [-0.2, -0.15) is 11.8 Å². The van der Waals surface area contributed by atoms with Crippen molar-refractivity contribution in [1.82, 2.24) is 5.32 Å². The standard InChI is InChI=1S/C15H24N2O2S2/c1-3-20-14-8-7-13(10-14)17-11(2)12-5-4-6-15(9-12)21(16,18)19/h4-6,9,11,13-14,17H,3,7-8,10H2,1-2H3,(H2,16,18,19). The number of sulfonamides is 1. The lowest BCUT2D eigenvalue weighted by molar-refractivity contribution is 0.461. The molecule has 1 aliphatic rings. The normalized spacial score (nSPS) is 24.1. The lowest BCUT2D eigenvalue weighted by atomic mass is 10.1. The first-order valence-corrected chi connectivity index (χ1v) is 10.00. The zero-order valence-corrected chi connectivity index (χ0v) is 14.2. The maximum atomic E-state index is 11.4. The van der Waals surface area contributed by atoms with E-state index >= 15 is 0 Å². The third kappa shape index (κ3) is 4.71. The molecule has 0 aliphatic heterocycles. The van der Waals surface area contributed by atoms with E-state index in [1.165, 1.54) is 31.1 Å². The van der Waals surface area contributed by atoms with Crippen LogP contribution in [0.1, 0.15) is 44.7 Å². The van der Waals surface area contributed by atoms with Gasteiger partial charge in [0.15, 0.2) is 0 Å². The summed E-state index contributed by atoms with van der Waals surface area (Å²) in [5, 5.41) is 9.56. The molecule has 1 saturated carbocycles. The molecule has 0 aromatic heterocycles. The number of nitrogens with two attached hydrogens (primary N) is 1. The van der Waals surface area contributed by atoms with Crippen LogP contribution < -0.4 is 10.5 Å². The number of hydrogen-bond donors (Lipinski definition) is 2. The van der Waals surface area contributed by atoms with Gasteiger partial charge < -0.3 is 5.32 Å². The van der Waals surface area contributed by atoms with Gasteiger partial charge in [-0.15, -0.1) is 0 Å². The average Bonchev–Trinajstić information content (AvgIpc) is 2.86. The molecule has 2 rings (SSSR count). The van der Waals surface area contributed by atoms with Crippen molar-refractivity contribution in [1.29, 1.82) is 0 Å². The van der Waals surface area contributed by atoms with Crippen molar-refractivity contribution in [3.05, 3.63) is 29.8 Å². The molecule has 0 spiro atoms. The van der Waals surface area contributed by atoms with E-state index in [2.05, 4.69) is 19.2 Å². The molecule has 0 amide bonds. The Hall–Kier alpha value is -0.560. The van der Waals surface area contributed by atoms with Crippen molar-refractivity contribution >= 4 is 21.8 Å². The fraction of sp³-hybridized carbons (Fsp3) is 0.600. The van der Waals surface area contributed by atoms with Gasteiger partial charge in [-0.25, -0.2) is 13.6 Å². The minimum absolute atomic E-state index is 0.127. The highest BCUT2D eigenvalue weighted by atomic mass is 32.2. The molecule has 118 valence electrons. The lowest BCUT2D eigenvalue weighted by Crippen LogP contribution is -2.29. The van der Waals surface area contributed by atoms with Crippen LogP contribution in [0.15, 0.2) is 29.2 Å². The van der Waals surface area contributed by atoms with E-state index in [1.807, 2.05) is 17.8 Å². The number of benzene rings is 1. The van der Waals surface area contributed by atoms with Gasteiger partial charge in [0.2, 0.25) is 10.0 Å². The second-order valence-corrected chi connectivity index (χ2v) is 8.73. The monoisotopic (exact) mass is 328 g/mol. The van der Waals surface area contributed by atoms with Gasteiger partial charge in [-0.3, -0.25) is 0 Å². The molecule has 0 saturated heterocycles. The van der Waals surface area contributed by atoms with E-state index in [1.54, 1.807) is 12.1 Å². The van der Waals surface area contributed by atoms with Crippen molar-refractivity contribution < 1.29 is 8.42 Å². The summed E-state index contributed by atoms with van der Waals surface area (Å²) in [5.74, 6) is 1.17. The molecule has 3 N–H and O–H groups in total. The highest BCUT2D eigenvalue weighted by Gasteiger charge is 2.25. The first-order valence-electron chi connectivity index (χ1n) is 7.40. The fourth-order valence-electron chi connectivity index (χ4n) is 2.89. The molecule has 0 bridgehead atoms.